The van der Waals surface area contributed by atoms with E-state index in [0.717, 1.165) is 16.8 Å². The van der Waals surface area contributed by atoms with Crippen LogP contribution in [0, 0.1) is 13.8 Å². The summed E-state index contributed by atoms with van der Waals surface area (Å²) in [6.07, 6.45) is 1.83. The zero-order valence-electron chi connectivity index (χ0n) is 15.0. The molecule has 0 atom stereocenters. The molecule has 1 aliphatic heterocycles. The summed E-state index contributed by atoms with van der Waals surface area (Å²) in [6.45, 7) is 5.40. The second-order valence-corrected chi connectivity index (χ2v) is 8.51. The van der Waals surface area contributed by atoms with E-state index in [-0.39, 0.29) is 5.91 Å². The second-order valence-electron chi connectivity index (χ2n) is 6.53. The first kappa shape index (κ1) is 17.8. The molecule has 0 N–H and O–H groups in total. The van der Waals surface area contributed by atoms with Gasteiger partial charge in [-0.05, 0) is 26.3 Å². The number of carbonyl (C=O) groups is 1. The van der Waals surface area contributed by atoms with Crippen LogP contribution in [-0.2, 0) is 17.1 Å². The first-order chi connectivity index (χ1) is 11.7. The zero-order chi connectivity index (χ0) is 18.4. The molecule has 0 radical (unpaired) electrons. The van der Waals surface area contributed by atoms with E-state index in [1.54, 1.807) is 15.6 Å². The number of carbonyl (C=O) groups excluding carboxylic acids is 1. The van der Waals surface area contributed by atoms with Crippen LogP contribution >= 0.6 is 0 Å². The van der Waals surface area contributed by atoms with E-state index >= 15 is 0 Å². The van der Waals surface area contributed by atoms with Gasteiger partial charge in [0.25, 0.3) is 5.91 Å². The van der Waals surface area contributed by atoms with Crippen molar-refractivity contribution in [3.63, 3.8) is 0 Å². The zero-order valence-corrected chi connectivity index (χ0v) is 15.8. The highest BCUT2D eigenvalue weighted by Gasteiger charge is 2.26. The van der Waals surface area contributed by atoms with Gasteiger partial charge < -0.3 is 4.90 Å². The Balaban J connectivity index is 1.95. The number of sulfonamides is 1. The lowest BCUT2D eigenvalue weighted by Crippen LogP contribution is -2.37. The predicted molar refractivity (Wildman–Crippen MR) is 94.9 cm³/mol. The number of aromatic nitrogens is 3. The lowest BCUT2D eigenvalue weighted by atomic mass is 10.1. The minimum Gasteiger partial charge on any atom is -0.337 e. The molecule has 0 unspecified atom stereocenters. The van der Waals surface area contributed by atoms with Crippen LogP contribution in [0.15, 0.2) is 6.07 Å². The highest BCUT2D eigenvalue weighted by molar-refractivity contribution is 7.88. The first-order valence-corrected chi connectivity index (χ1v) is 10.1. The maximum absolute atomic E-state index is 13.1. The fourth-order valence-electron chi connectivity index (χ4n) is 3.34. The molecule has 1 aliphatic rings. The van der Waals surface area contributed by atoms with Crippen LogP contribution in [0.3, 0.4) is 0 Å². The molecule has 0 aromatic carbocycles. The van der Waals surface area contributed by atoms with Crippen molar-refractivity contribution in [2.75, 3.05) is 32.4 Å². The van der Waals surface area contributed by atoms with Crippen LogP contribution in [0.4, 0.5) is 0 Å². The number of nitrogens with zero attached hydrogens (tertiary/aromatic N) is 5. The van der Waals surface area contributed by atoms with E-state index in [1.165, 1.54) is 10.6 Å². The van der Waals surface area contributed by atoms with E-state index in [9.17, 15) is 13.2 Å². The van der Waals surface area contributed by atoms with Crippen LogP contribution in [0.5, 0.6) is 0 Å². The minimum absolute atomic E-state index is 0.0954. The SMILES string of the molecule is Cc1cc(C(=O)N2CCCN(S(C)(=O)=O)CC2)c2c(C)nn(C)c2n1. The molecule has 1 fully saturated rings. The molecular weight excluding hydrogens is 342 g/mol. The molecule has 9 heteroatoms. The lowest BCUT2D eigenvalue weighted by molar-refractivity contribution is 0.0766. The summed E-state index contributed by atoms with van der Waals surface area (Å²) >= 11 is 0. The Morgan fingerprint density at radius 2 is 1.88 bits per heavy atom. The van der Waals surface area contributed by atoms with Gasteiger partial charge in [-0.1, -0.05) is 0 Å². The molecule has 136 valence electrons. The highest BCUT2D eigenvalue weighted by atomic mass is 32.2. The van der Waals surface area contributed by atoms with Gasteiger partial charge in [-0.2, -0.15) is 5.10 Å². The monoisotopic (exact) mass is 365 g/mol. The molecule has 2 aromatic rings. The molecule has 1 amide bonds. The van der Waals surface area contributed by atoms with Gasteiger partial charge in [-0.3, -0.25) is 9.48 Å². The minimum atomic E-state index is -3.24. The van der Waals surface area contributed by atoms with Gasteiger partial charge in [0.15, 0.2) is 5.65 Å². The number of fused-ring (bicyclic) bond motifs is 1. The molecule has 3 rings (SSSR count). The Bertz CT molecular complexity index is 935. The van der Waals surface area contributed by atoms with E-state index in [2.05, 4.69) is 10.1 Å². The molecule has 0 aliphatic carbocycles. The Morgan fingerprint density at radius 3 is 2.56 bits per heavy atom. The third kappa shape index (κ3) is 3.38. The molecule has 1 saturated heterocycles. The number of rotatable bonds is 2. The Kier molecular flexibility index (Phi) is 4.54. The molecule has 0 bridgehead atoms. The molecule has 25 heavy (non-hydrogen) atoms. The number of aryl methyl sites for hydroxylation is 3. The summed E-state index contributed by atoms with van der Waals surface area (Å²) < 4.78 is 26.6. The van der Waals surface area contributed by atoms with Crippen molar-refractivity contribution in [3.8, 4) is 0 Å². The maximum atomic E-state index is 13.1. The number of hydrogen-bond acceptors (Lipinski definition) is 5. The van der Waals surface area contributed by atoms with Crippen molar-refractivity contribution in [1.29, 1.82) is 0 Å². The summed E-state index contributed by atoms with van der Waals surface area (Å²) in [5, 5.41) is 5.14. The van der Waals surface area contributed by atoms with E-state index < -0.39 is 10.0 Å². The molecule has 3 heterocycles. The van der Waals surface area contributed by atoms with Crippen LogP contribution < -0.4 is 0 Å². The summed E-state index contributed by atoms with van der Waals surface area (Å²) in [6, 6.07) is 1.79. The third-order valence-corrected chi connectivity index (χ3v) is 5.84. The van der Waals surface area contributed by atoms with Crippen LogP contribution in [0.1, 0.15) is 28.2 Å². The number of hydrogen-bond donors (Lipinski definition) is 0. The summed E-state index contributed by atoms with van der Waals surface area (Å²) in [7, 11) is -1.42. The van der Waals surface area contributed by atoms with Gasteiger partial charge in [-0.15, -0.1) is 0 Å². The molecule has 0 saturated carbocycles. The standard InChI is InChI=1S/C16H23N5O3S/c1-11-10-13(14-12(2)18-19(3)15(14)17-11)16(22)20-6-5-7-21(9-8-20)25(4,23)24/h10H,5-9H2,1-4H3. The molecule has 0 spiro atoms. The Hall–Kier alpha value is -2.00. The van der Waals surface area contributed by atoms with Crippen molar-refractivity contribution in [3.05, 3.63) is 23.0 Å². The van der Waals surface area contributed by atoms with E-state index in [1.807, 2.05) is 20.9 Å². The van der Waals surface area contributed by atoms with Crippen molar-refractivity contribution < 1.29 is 13.2 Å². The van der Waals surface area contributed by atoms with Crippen molar-refractivity contribution >= 4 is 27.0 Å². The quantitative estimate of drug-likeness (QED) is 0.781. The van der Waals surface area contributed by atoms with Crippen molar-refractivity contribution in [2.24, 2.45) is 7.05 Å². The van der Waals surface area contributed by atoms with Gasteiger partial charge in [-0.25, -0.2) is 17.7 Å². The molecule has 2 aromatic heterocycles. The van der Waals surface area contributed by atoms with Crippen molar-refractivity contribution in [2.45, 2.75) is 20.3 Å². The van der Waals surface area contributed by atoms with Crippen molar-refractivity contribution in [1.82, 2.24) is 24.0 Å². The summed E-state index contributed by atoms with van der Waals surface area (Å²) in [5.74, 6) is -0.0954. The second kappa shape index (κ2) is 6.38. The average Bonchev–Trinajstić information content (AvgIpc) is 2.72. The smallest absolute Gasteiger partial charge is 0.254 e. The summed E-state index contributed by atoms with van der Waals surface area (Å²) in [5.41, 5.74) is 2.79. The predicted octanol–water partition coefficient (Wildman–Crippen LogP) is 0.693. The van der Waals surface area contributed by atoms with Gasteiger partial charge >= 0.3 is 0 Å². The van der Waals surface area contributed by atoms with E-state index in [0.29, 0.717) is 43.8 Å². The third-order valence-electron chi connectivity index (χ3n) is 4.54. The Morgan fingerprint density at radius 1 is 1.16 bits per heavy atom. The largest absolute Gasteiger partial charge is 0.337 e. The van der Waals surface area contributed by atoms with Crippen LogP contribution in [-0.4, -0.2) is 70.7 Å². The normalized spacial score (nSPS) is 17.0. The van der Waals surface area contributed by atoms with Crippen LogP contribution in [0.25, 0.3) is 11.0 Å². The first-order valence-electron chi connectivity index (χ1n) is 8.24. The van der Waals surface area contributed by atoms with Gasteiger partial charge in [0, 0.05) is 38.9 Å². The number of pyridine rings is 1. The van der Waals surface area contributed by atoms with Crippen LogP contribution in [0.2, 0.25) is 0 Å². The topological polar surface area (TPSA) is 88.4 Å². The molecular formula is C16H23N5O3S. The fraction of sp³-hybridized carbons (Fsp3) is 0.562. The van der Waals surface area contributed by atoms with Gasteiger partial charge in [0.05, 0.1) is 22.9 Å². The number of amides is 1. The molecule has 8 nitrogen and oxygen atoms in total. The maximum Gasteiger partial charge on any atom is 0.254 e. The lowest BCUT2D eigenvalue weighted by Gasteiger charge is -2.21. The summed E-state index contributed by atoms with van der Waals surface area (Å²) in [4.78, 5) is 19.3. The highest BCUT2D eigenvalue weighted by Crippen LogP contribution is 2.23. The average molecular weight is 365 g/mol. The van der Waals surface area contributed by atoms with E-state index in [4.69, 9.17) is 0 Å². The van der Waals surface area contributed by atoms with Gasteiger partial charge in [0.2, 0.25) is 10.0 Å². The Labute approximate surface area is 147 Å². The fourth-order valence-corrected chi connectivity index (χ4v) is 4.21. The van der Waals surface area contributed by atoms with Gasteiger partial charge in [0.1, 0.15) is 0 Å².